The minimum Gasteiger partial charge on any atom is -0.478 e. The first-order valence-electron chi connectivity index (χ1n) is 18.6. The largest absolute Gasteiger partial charge is 0.478 e. The first kappa shape index (κ1) is 49.8. The Labute approximate surface area is 374 Å². The number of ether oxygens (including phenoxy) is 2. The van der Waals surface area contributed by atoms with Gasteiger partial charge in [0.1, 0.15) is 20.1 Å². The number of carbonyl (C=O) groups is 2. The Bertz CT molecular complexity index is 2820. The monoisotopic (exact) mass is 950 g/mol. The molecule has 6 rings (SSSR count). The highest BCUT2D eigenvalue weighted by molar-refractivity contribution is 7.90. The van der Waals surface area contributed by atoms with Crippen LogP contribution < -0.4 is 19.3 Å². The van der Waals surface area contributed by atoms with E-state index in [0.717, 1.165) is 0 Å². The molecule has 0 aliphatic heterocycles. The quantitative estimate of drug-likeness (QED) is 0.145. The van der Waals surface area contributed by atoms with Crippen LogP contribution in [0.1, 0.15) is 73.6 Å². The second-order valence-electron chi connectivity index (χ2n) is 16.1. The fraction of sp³-hybridized carbons (Fsp3) is 0.368. The van der Waals surface area contributed by atoms with E-state index in [-0.39, 0.29) is 42.1 Å². The van der Waals surface area contributed by atoms with Gasteiger partial charge in [0.15, 0.2) is 11.6 Å². The zero-order chi connectivity index (χ0) is 47.2. The number of aryl methyl sites for hydroxylation is 2. The number of nitrogens with zero attached hydrogens (tertiary/aromatic N) is 10. The summed E-state index contributed by atoms with van der Waals surface area (Å²) < 4.78 is 65.6. The predicted octanol–water partition coefficient (Wildman–Crippen LogP) is 4.93. The Kier molecular flexibility index (Phi) is 15.5. The zero-order valence-corrected chi connectivity index (χ0v) is 39.2. The highest BCUT2D eigenvalue weighted by Gasteiger charge is 2.25. The van der Waals surface area contributed by atoms with Crippen LogP contribution in [0.25, 0.3) is 11.6 Å². The van der Waals surface area contributed by atoms with Crippen molar-refractivity contribution in [1.82, 2.24) is 53.8 Å². The number of carbonyl (C=O) groups excluding carboxylic acids is 1. The van der Waals surface area contributed by atoms with Crippen molar-refractivity contribution in [1.29, 1.82) is 0 Å². The lowest BCUT2D eigenvalue weighted by molar-refractivity contribution is 0.0696. The number of carboxylic acid groups (broad SMARTS) is 1. The van der Waals surface area contributed by atoms with Crippen molar-refractivity contribution in [3.8, 4) is 23.4 Å². The molecule has 21 nitrogen and oxygen atoms in total. The second-order valence-corrected chi connectivity index (χ2v) is 20.0. The van der Waals surface area contributed by atoms with Crippen molar-refractivity contribution >= 4 is 55.1 Å². The first-order valence-corrected chi connectivity index (χ1v) is 22.4. The summed E-state index contributed by atoms with van der Waals surface area (Å²) in [5, 5.41) is 29.7. The summed E-state index contributed by atoms with van der Waals surface area (Å²) in [6, 6.07) is 9.21. The lowest BCUT2D eigenvalue weighted by atomic mass is 9.99. The first-order chi connectivity index (χ1) is 29.1. The molecular weight excluding hydrogens is 904 g/mol. The standard InChI is InChI=1S/C19H23ClN6O4S.C14H16ClN3O3.C5H9N3O2S/c1-12-14(10-21-25(12)5)31(28,29)24-18(27)13-6-7-15(22-17(13)20)26-9-8-16(23-26)30-11-19(2,3)4;1-14(2,3)8-21-11-6-7-18(17-11)10-5-4-9(13(19)20)12(15)16-10;1-4-5(11(6,9)10)3-7-8(4)2/h6-10H,11H2,1-5H3,(H,24,27);4-7H,8H2,1-3H3,(H,19,20);3H,1-2H3,(H2,6,9,10). The second kappa shape index (κ2) is 19.7. The number of halogens is 2. The molecule has 0 saturated carbocycles. The lowest BCUT2D eigenvalue weighted by Crippen LogP contribution is -2.31. The molecule has 0 bridgehead atoms. The number of nitrogens with two attached hydrogens (primary N) is 1. The van der Waals surface area contributed by atoms with Gasteiger partial charge in [0.2, 0.25) is 21.8 Å². The van der Waals surface area contributed by atoms with Gasteiger partial charge in [-0.05, 0) is 48.9 Å². The number of nitrogens with one attached hydrogen (secondary N) is 1. The Morgan fingerprint density at radius 2 is 1.13 bits per heavy atom. The number of primary sulfonamides is 1. The molecule has 25 heteroatoms. The molecule has 63 heavy (non-hydrogen) atoms. The third-order valence-electron chi connectivity index (χ3n) is 8.25. The van der Waals surface area contributed by atoms with Gasteiger partial charge in [-0.1, -0.05) is 64.7 Å². The number of hydrogen-bond donors (Lipinski definition) is 3. The number of aromatic carboxylic acids is 1. The van der Waals surface area contributed by atoms with E-state index in [1.807, 2.05) is 25.5 Å². The number of hydrogen-bond acceptors (Lipinski definition) is 14. The molecule has 0 radical (unpaired) electrons. The van der Waals surface area contributed by atoms with Gasteiger partial charge in [0.25, 0.3) is 15.9 Å². The maximum absolute atomic E-state index is 12.5. The summed E-state index contributed by atoms with van der Waals surface area (Å²) in [5.74, 6) is -0.345. The van der Waals surface area contributed by atoms with Crippen LogP contribution in [-0.2, 0) is 34.1 Å². The predicted molar refractivity (Wildman–Crippen MR) is 232 cm³/mol. The number of amides is 1. The summed E-state index contributed by atoms with van der Waals surface area (Å²) in [5.41, 5.74) is 0.822. The maximum Gasteiger partial charge on any atom is 0.338 e. The number of aromatic nitrogens is 10. The van der Waals surface area contributed by atoms with Gasteiger partial charge < -0.3 is 14.6 Å². The number of sulfonamides is 2. The average Bonchev–Trinajstić information content (AvgIpc) is 3.98. The van der Waals surface area contributed by atoms with Crippen LogP contribution in [0.15, 0.2) is 71.0 Å². The number of rotatable bonds is 11. The highest BCUT2D eigenvalue weighted by Crippen LogP contribution is 2.22. The van der Waals surface area contributed by atoms with Crippen molar-refractivity contribution in [2.45, 2.75) is 65.2 Å². The third-order valence-corrected chi connectivity index (χ3v) is 11.3. The molecule has 0 atom stereocenters. The van der Waals surface area contributed by atoms with Crippen LogP contribution in [0.2, 0.25) is 10.3 Å². The molecule has 0 aromatic carbocycles. The smallest absolute Gasteiger partial charge is 0.338 e. The van der Waals surface area contributed by atoms with Gasteiger partial charge in [-0.15, -0.1) is 10.2 Å². The molecule has 0 unspecified atom stereocenters. The summed E-state index contributed by atoms with van der Waals surface area (Å²) in [7, 11) is -4.45. The molecular formula is C38H48Cl2N12O9S2. The summed E-state index contributed by atoms with van der Waals surface area (Å²) in [6.07, 6.45) is 5.73. The molecule has 340 valence electrons. The van der Waals surface area contributed by atoms with Gasteiger partial charge in [-0.25, -0.2) is 50.8 Å². The minimum atomic E-state index is -4.12. The van der Waals surface area contributed by atoms with E-state index in [4.69, 9.17) is 42.9 Å². The van der Waals surface area contributed by atoms with E-state index in [0.29, 0.717) is 48.0 Å². The fourth-order valence-corrected chi connectivity index (χ4v) is 7.14. The van der Waals surface area contributed by atoms with Crippen LogP contribution in [-0.4, -0.2) is 96.1 Å². The summed E-state index contributed by atoms with van der Waals surface area (Å²) in [6.45, 7) is 16.6. The van der Waals surface area contributed by atoms with E-state index < -0.39 is 31.9 Å². The molecule has 1 amide bonds. The Morgan fingerprint density at radius 3 is 1.46 bits per heavy atom. The summed E-state index contributed by atoms with van der Waals surface area (Å²) >= 11 is 12.0. The Balaban J connectivity index is 0.000000233. The number of carboxylic acids is 1. The molecule has 6 heterocycles. The van der Waals surface area contributed by atoms with Crippen LogP contribution >= 0.6 is 23.2 Å². The van der Waals surface area contributed by atoms with Crippen molar-refractivity contribution in [2.75, 3.05) is 13.2 Å². The molecule has 0 aliphatic rings. The zero-order valence-electron chi connectivity index (χ0n) is 36.0. The van der Waals surface area contributed by atoms with Gasteiger partial charge in [-0.3, -0.25) is 14.2 Å². The molecule has 0 saturated heterocycles. The van der Waals surface area contributed by atoms with Crippen molar-refractivity contribution in [3.63, 3.8) is 0 Å². The number of pyridine rings is 2. The van der Waals surface area contributed by atoms with Gasteiger partial charge in [-0.2, -0.15) is 10.2 Å². The van der Waals surface area contributed by atoms with E-state index in [9.17, 15) is 26.4 Å². The molecule has 0 fully saturated rings. The summed E-state index contributed by atoms with van der Waals surface area (Å²) in [4.78, 5) is 31.6. The molecule has 6 aromatic heterocycles. The van der Waals surface area contributed by atoms with Crippen LogP contribution in [0.3, 0.4) is 0 Å². The fourth-order valence-electron chi connectivity index (χ4n) is 4.77. The van der Waals surface area contributed by atoms with Crippen molar-refractivity contribution in [3.05, 3.63) is 94.0 Å². The highest BCUT2D eigenvalue weighted by atomic mass is 35.5. The normalized spacial score (nSPS) is 11.8. The van der Waals surface area contributed by atoms with Crippen LogP contribution in [0.4, 0.5) is 0 Å². The van der Waals surface area contributed by atoms with Crippen molar-refractivity contribution < 1.29 is 41.0 Å². The lowest BCUT2D eigenvalue weighted by Gasteiger charge is -2.17. The topological polar surface area (TPSA) is 276 Å². The molecule has 4 N–H and O–H groups in total. The van der Waals surface area contributed by atoms with Gasteiger partial charge in [0.05, 0.1) is 48.1 Å². The minimum absolute atomic E-state index is 0.0188. The molecule has 0 spiro atoms. The SMILES string of the molecule is CC(C)(C)COc1ccn(-c2ccc(C(=O)O)c(Cl)n2)n1.Cc1c(S(=O)(=O)NC(=O)c2ccc(-n3ccc(OCC(C)(C)C)n3)nc2Cl)cnn1C.Cc1c(S(N)(=O)=O)cnn1C. The molecule has 0 aliphatic carbocycles. The van der Waals surface area contributed by atoms with Crippen LogP contribution in [0.5, 0.6) is 11.8 Å². The van der Waals surface area contributed by atoms with E-state index in [1.165, 1.54) is 55.4 Å². The Hall–Kier alpha value is -5.88. The van der Waals surface area contributed by atoms with Gasteiger partial charge >= 0.3 is 5.97 Å². The molecule has 6 aromatic rings. The van der Waals surface area contributed by atoms with E-state index >= 15 is 0 Å². The van der Waals surface area contributed by atoms with E-state index in [2.05, 4.69) is 51.1 Å². The average molecular weight is 952 g/mol. The third kappa shape index (κ3) is 13.8. The van der Waals surface area contributed by atoms with E-state index in [1.54, 1.807) is 52.5 Å². The Morgan fingerprint density at radius 1 is 0.714 bits per heavy atom. The van der Waals surface area contributed by atoms with Gasteiger partial charge in [0, 0.05) is 38.6 Å². The van der Waals surface area contributed by atoms with Crippen LogP contribution in [0, 0.1) is 24.7 Å². The maximum atomic E-state index is 12.5. The van der Waals surface area contributed by atoms with Crippen molar-refractivity contribution in [2.24, 2.45) is 30.1 Å².